The molecule has 21 heavy (non-hydrogen) atoms. The minimum atomic E-state index is 0.544. The van der Waals surface area contributed by atoms with Gasteiger partial charge in [-0.05, 0) is 68.2 Å². The predicted octanol–water partition coefficient (Wildman–Crippen LogP) is 6.87. The van der Waals surface area contributed by atoms with E-state index in [4.69, 9.17) is 0 Å². The molecule has 1 N–H and O–H groups in total. The molecule has 1 aliphatic rings. The van der Waals surface area contributed by atoms with Crippen LogP contribution in [0.2, 0.25) is 0 Å². The molecular weight excluding hydrogens is 256 g/mol. The van der Waals surface area contributed by atoms with E-state index in [1.54, 1.807) is 0 Å². The fourth-order valence-electron chi connectivity index (χ4n) is 3.12. The molecule has 0 heterocycles. The van der Waals surface area contributed by atoms with Crippen LogP contribution in [0.1, 0.15) is 86.0 Å². The number of rotatable bonds is 1. The summed E-state index contributed by atoms with van der Waals surface area (Å²) in [7, 11) is 0. The highest BCUT2D eigenvalue weighted by molar-refractivity contribution is 5.43. The monoisotopic (exact) mass is 290 g/mol. The van der Waals surface area contributed by atoms with Crippen molar-refractivity contribution in [2.24, 2.45) is 5.92 Å². The first-order valence-corrected chi connectivity index (χ1v) is 8.72. The molecule has 120 valence electrons. The van der Waals surface area contributed by atoms with Crippen LogP contribution < -0.4 is 0 Å². The van der Waals surface area contributed by atoms with Crippen molar-refractivity contribution in [3.63, 3.8) is 0 Å². The van der Waals surface area contributed by atoms with Gasteiger partial charge < -0.3 is 5.11 Å². The zero-order chi connectivity index (χ0) is 15.8. The summed E-state index contributed by atoms with van der Waals surface area (Å²) in [5.74, 6) is 1.13. The Morgan fingerprint density at radius 2 is 1.38 bits per heavy atom. The number of aliphatic hydroxyl groups is 1. The van der Waals surface area contributed by atoms with Gasteiger partial charge in [-0.15, -0.1) is 0 Å². The van der Waals surface area contributed by atoms with Crippen LogP contribution in [0.15, 0.2) is 34.1 Å². The standard InChI is InChI=1S/C20H34O/c1-15(2)19-13-11-9-7-6-8-10-12-14-20(21)18(5)16(3)17(19)4/h13,15,21H,6-12,14H2,1-5H3/b17-16-,19-13-,20-18+. The lowest BCUT2D eigenvalue weighted by Crippen LogP contribution is -2.01. The number of allylic oxidation sites excluding steroid dienone is 6. The summed E-state index contributed by atoms with van der Waals surface area (Å²) >= 11 is 0. The molecule has 0 aliphatic heterocycles. The highest BCUT2D eigenvalue weighted by atomic mass is 16.3. The van der Waals surface area contributed by atoms with Crippen LogP contribution in [0, 0.1) is 5.92 Å². The number of hydrogen-bond acceptors (Lipinski definition) is 1. The van der Waals surface area contributed by atoms with Crippen molar-refractivity contribution >= 4 is 0 Å². The average Bonchev–Trinajstić information content (AvgIpc) is 2.45. The Hall–Kier alpha value is -0.980. The van der Waals surface area contributed by atoms with Crippen LogP contribution in [-0.2, 0) is 0 Å². The molecular formula is C20H34O. The third kappa shape index (κ3) is 5.73. The van der Waals surface area contributed by atoms with Gasteiger partial charge in [0.25, 0.3) is 0 Å². The van der Waals surface area contributed by atoms with Crippen molar-refractivity contribution in [2.45, 2.75) is 86.0 Å². The zero-order valence-electron chi connectivity index (χ0n) is 14.8. The average molecular weight is 290 g/mol. The molecule has 0 spiro atoms. The van der Waals surface area contributed by atoms with E-state index in [9.17, 15) is 5.11 Å². The van der Waals surface area contributed by atoms with Gasteiger partial charge in [0.15, 0.2) is 0 Å². The first-order chi connectivity index (χ1) is 9.95. The molecule has 0 aromatic heterocycles. The lowest BCUT2D eigenvalue weighted by Gasteiger charge is -2.18. The third-order valence-corrected chi connectivity index (χ3v) is 4.84. The summed E-state index contributed by atoms with van der Waals surface area (Å²) in [5, 5.41) is 10.3. The molecule has 0 saturated carbocycles. The van der Waals surface area contributed by atoms with Crippen molar-refractivity contribution < 1.29 is 5.11 Å². The first kappa shape index (κ1) is 18.1. The van der Waals surface area contributed by atoms with Crippen molar-refractivity contribution in [2.75, 3.05) is 0 Å². The van der Waals surface area contributed by atoms with Crippen molar-refractivity contribution in [3.05, 3.63) is 34.1 Å². The van der Waals surface area contributed by atoms with E-state index < -0.39 is 0 Å². The summed E-state index contributed by atoms with van der Waals surface area (Å²) in [5.41, 5.74) is 5.14. The van der Waals surface area contributed by atoms with Gasteiger partial charge in [-0.25, -0.2) is 0 Å². The number of hydrogen-bond donors (Lipinski definition) is 1. The van der Waals surface area contributed by atoms with Crippen LogP contribution in [0.5, 0.6) is 0 Å². The van der Waals surface area contributed by atoms with Gasteiger partial charge in [0.2, 0.25) is 0 Å². The van der Waals surface area contributed by atoms with Crippen LogP contribution in [0.3, 0.4) is 0 Å². The Morgan fingerprint density at radius 1 is 0.810 bits per heavy atom. The fourth-order valence-corrected chi connectivity index (χ4v) is 3.12. The summed E-state index contributed by atoms with van der Waals surface area (Å²) in [6, 6.07) is 0. The fraction of sp³-hybridized carbons (Fsp3) is 0.700. The van der Waals surface area contributed by atoms with Gasteiger partial charge in [-0.2, -0.15) is 0 Å². The van der Waals surface area contributed by atoms with E-state index in [0.29, 0.717) is 11.7 Å². The Kier molecular flexibility index (Phi) is 7.85. The van der Waals surface area contributed by atoms with Gasteiger partial charge in [0.05, 0.1) is 5.76 Å². The van der Waals surface area contributed by atoms with Gasteiger partial charge in [0, 0.05) is 6.42 Å². The number of aliphatic hydroxyl groups excluding tert-OH is 1. The van der Waals surface area contributed by atoms with E-state index in [1.807, 2.05) is 0 Å². The van der Waals surface area contributed by atoms with Gasteiger partial charge >= 0.3 is 0 Å². The van der Waals surface area contributed by atoms with Crippen LogP contribution in [0.4, 0.5) is 0 Å². The van der Waals surface area contributed by atoms with Crippen molar-refractivity contribution in [1.29, 1.82) is 0 Å². The quantitative estimate of drug-likeness (QED) is 0.558. The Balaban J connectivity index is 3.12. The lowest BCUT2D eigenvalue weighted by molar-refractivity contribution is 0.374. The van der Waals surface area contributed by atoms with E-state index in [0.717, 1.165) is 18.4 Å². The maximum Gasteiger partial charge on any atom is 0.0954 e. The van der Waals surface area contributed by atoms with Gasteiger partial charge in [-0.1, -0.05) is 45.6 Å². The first-order valence-electron chi connectivity index (χ1n) is 8.72. The Bertz CT molecular complexity index is 421. The molecule has 0 bridgehead atoms. The van der Waals surface area contributed by atoms with Crippen LogP contribution in [-0.4, -0.2) is 5.11 Å². The second kappa shape index (κ2) is 9.12. The topological polar surface area (TPSA) is 20.2 Å². The largest absolute Gasteiger partial charge is 0.512 e. The predicted molar refractivity (Wildman–Crippen MR) is 93.6 cm³/mol. The summed E-state index contributed by atoms with van der Waals surface area (Å²) in [4.78, 5) is 0. The second-order valence-electron chi connectivity index (χ2n) is 6.80. The van der Waals surface area contributed by atoms with Crippen LogP contribution >= 0.6 is 0 Å². The van der Waals surface area contributed by atoms with Crippen molar-refractivity contribution in [1.82, 2.24) is 0 Å². The lowest BCUT2D eigenvalue weighted by atomic mass is 9.88. The van der Waals surface area contributed by atoms with E-state index in [1.165, 1.54) is 55.2 Å². The molecule has 0 saturated heterocycles. The maximum atomic E-state index is 10.3. The highest BCUT2D eigenvalue weighted by Crippen LogP contribution is 2.28. The summed E-state index contributed by atoms with van der Waals surface area (Å²) in [6.07, 6.45) is 12.1. The Morgan fingerprint density at radius 3 is 2.00 bits per heavy atom. The molecule has 1 aliphatic carbocycles. The van der Waals surface area contributed by atoms with Gasteiger partial charge in [-0.3, -0.25) is 0 Å². The van der Waals surface area contributed by atoms with Crippen LogP contribution in [0.25, 0.3) is 0 Å². The normalized spacial score (nSPS) is 29.9. The molecule has 1 heteroatoms. The third-order valence-electron chi connectivity index (χ3n) is 4.84. The molecule has 0 atom stereocenters. The maximum absolute atomic E-state index is 10.3. The minimum absolute atomic E-state index is 0.544. The minimum Gasteiger partial charge on any atom is -0.512 e. The molecule has 0 aromatic rings. The molecule has 1 rings (SSSR count). The molecule has 0 amide bonds. The highest BCUT2D eigenvalue weighted by Gasteiger charge is 2.12. The molecule has 0 aromatic carbocycles. The van der Waals surface area contributed by atoms with E-state index >= 15 is 0 Å². The summed E-state index contributed by atoms with van der Waals surface area (Å²) < 4.78 is 0. The molecule has 0 fully saturated rings. The molecule has 0 unspecified atom stereocenters. The van der Waals surface area contributed by atoms with Gasteiger partial charge in [0.1, 0.15) is 0 Å². The van der Waals surface area contributed by atoms with E-state index in [-0.39, 0.29) is 0 Å². The van der Waals surface area contributed by atoms with Crippen molar-refractivity contribution in [3.8, 4) is 0 Å². The van der Waals surface area contributed by atoms with E-state index in [2.05, 4.69) is 40.7 Å². The Labute approximate surface area is 131 Å². The zero-order valence-corrected chi connectivity index (χ0v) is 14.8. The molecule has 0 radical (unpaired) electrons. The second-order valence-corrected chi connectivity index (χ2v) is 6.80. The smallest absolute Gasteiger partial charge is 0.0954 e. The summed E-state index contributed by atoms with van der Waals surface area (Å²) in [6.45, 7) is 11.0. The SMILES string of the molecule is CC1=C(C)/C(C)=C(/O)CCCCCCCC/C=C\1C(C)C. The molecule has 1 nitrogen and oxygen atoms in total.